The minimum atomic E-state index is 0.904. The largest absolute Gasteiger partial charge is 0.456 e. The fraction of sp³-hybridized carbons (Fsp3) is 0.0182. The van der Waals surface area contributed by atoms with Gasteiger partial charge in [0.05, 0.1) is 32.5 Å². The van der Waals surface area contributed by atoms with Gasteiger partial charge in [-0.15, -0.1) is 11.3 Å². The van der Waals surface area contributed by atoms with Crippen LogP contribution in [0.1, 0.15) is 5.56 Å². The van der Waals surface area contributed by atoms with Crippen LogP contribution in [-0.2, 0) is 0 Å². The van der Waals surface area contributed by atoms with Crippen LogP contribution in [0, 0.1) is 6.92 Å². The van der Waals surface area contributed by atoms with Gasteiger partial charge < -0.3 is 13.6 Å². The van der Waals surface area contributed by atoms with E-state index in [1.165, 1.54) is 97.3 Å². The topological polar surface area (TPSA) is 23.0 Å². The predicted molar refractivity (Wildman–Crippen MR) is 251 cm³/mol. The fourth-order valence-corrected chi connectivity index (χ4v) is 11.0. The third-order valence-corrected chi connectivity index (χ3v) is 13.6. The Kier molecular flexibility index (Phi) is 6.81. The zero-order valence-corrected chi connectivity index (χ0v) is 32.9. The van der Waals surface area contributed by atoms with Crippen LogP contribution in [0.15, 0.2) is 192 Å². The quantitative estimate of drug-likeness (QED) is 0.175. The van der Waals surface area contributed by atoms with Crippen LogP contribution in [0.2, 0.25) is 0 Å². The Bertz CT molecular complexity index is 3820. The molecule has 59 heavy (non-hydrogen) atoms. The van der Waals surface area contributed by atoms with Gasteiger partial charge in [0.2, 0.25) is 0 Å². The van der Waals surface area contributed by atoms with Crippen LogP contribution in [0.5, 0.6) is 0 Å². The fourth-order valence-electron chi connectivity index (χ4n) is 9.72. The highest BCUT2D eigenvalue weighted by Crippen LogP contribution is 2.47. The van der Waals surface area contributed by atoms with E-state index in [-0.39, 0.29) is 0 Å². The van der Waals surface area contributed by atoms with Gasteiger partial charge >= 0.3 is 0 Å². The summed E-state index contributed by atoms with van der Waals surface area (Å²) in [7, 11) is 0. The van der Waals surface area contributed by atoms with Crippen molar-refractivity contribution in [2.45, 2.75) is 6.92 Å². The van der Waals surface area contributed by atoms with Gasteiger partial charge in [0.25, 0.3) is 0 Å². The average molecular weight is 771 g/mol. The maximum absolute atomic E-state index is 6.21. The molecule has 0 spiro atoms. The highest BCUT2D eigenvalue weighted by Gasteiger charge is 2.21. The number of hydrogen-bond acceptors (Lipinski definition) is 2. The zero-order valence-electron chi connectivity index (χ0n) is 32.1. The Morgan fingerprint density at radius 3 is 1.78 bits per heavy atom. The molecular weight excluding hydrogens is 737 g/mol. The SMILES string of the molecule is Cc1cccc(-c2cc(-n3c4ccccc4c4ccccc43)c3sc4c(-c5ccc6c(c5)c5ccccc5n6-c5ccc6oc7ccccc7c6c5)cccc4c3c2)c1. The summed E-state index contributed by atoms with van der Waals surface area (Å²) in [5.74, 6) is 0. The number of nitrogens with zero attached hydrogens (tertiary/aromatic N) is 2. The van der Waals surface area contributed by atoms with E-state index in [9.17, 15) is 0 Å². The molecule has 0 unspecified atom stereocenters. The first-order valence-corrected chi connectivity index (χ1v) is 21.0. The molecule has 0 radical (unpaired) electrons. The van der Waals surface area contributed by atoms with E-state index >= 15 is 0 Å². The summed E-state index contributed by atoms with van der Waals surface area (Å²) in [6.45, 7) is 2.18. The molecule has 0 saturated carbocycles. The lowest BCUT2D eigenvalue weighted by Crippen LogP contribution is -1.95. The van der Waals surface area contributed by atoms with E-state index < -0.39 is 0 Å². The molecule has 0 aliphatic carbocycles. The van der Waals surface area contributed by atoms with Crippen LogP contribution >= 0.6 is 11.3 Å². The molecule has 0 N–H and O–H groups in total. The van der Waals surface area contributed by atoms with E-state index in [4.69, 9.17) is 4.42 Å². The standard InChI is InChI=1S/C55H34N2OS/c1-33-12-10-13-34(28-33)36-30-46-43-19-11-18-38(54(43)59-55(46)51(31-36)57-48-21-7-2-14-39(48)40-15-3-8-22-49(40)57)35-24-26-50-44(29-35)41-16-4-6-20-47(41)56(50)37-25-27-53-45(32-37)42-17-5-9-23-52(42)58-53/h2-32H,1H3. The van der Waals surface area contributed by atoms with Crippen molar-refractivity contribution in [2.75, 3.05) is 0 Å². The van der Waals surface area contributed by atoms with Gasteiger partial charge in [-0.2, -0.15) is 0 Å². The van der Waals surface area contributed by atoms with Crippen molar-refractivity contribution in [3.05, 3.63) is 194 Å². The molecule has 4 heterocycles. The molecular formula is C55H34N2OS. The number of furan rings is 1. The van der Waals surface area contributed by atoms with Crippen molar-refractivity contribution in [1.82, 2.24) is 9.13 Å². The van der Waals surface area contributed by atoms with Gasteiger partial charge in [0.1, 0.15) is 11.2 Å². The molecule has 0 amide bonds. The van der Waals surface area contributed by atoms with Crippen LogP contribution in [-0.4, -0.2) is 9.13 Å². The summed E-state index contributed by atoms with van der Waals surface area (Å²) < 4.78 is 13.7. The second kappa shape index (κ2) is 12.3. The van der Waals surface area contributed by atoms with Gasteiger partial charge in [0.15, 0.2) is 0 Å². The minimum absolute atomic E-state index is 0.904. The number of para-hydroxylation sites is 4. The van der Waals surface area contributed by atoms with Crippen LogP contribution in [0.4, 0.5) is 0 Å². The molecule has 9 aromatic carbocycles. The molecule has 0 saturated heterocycles. The Labute approximate surface area is 343 Å². The molecule has 13 aromatic rings. The summed E-state index contributed by atoms with van der Waals surface area (Å²) in [6.07, 6.45) is 0. The number of aromatic nitrogens is 2. The van der Waals surface area contributed by atoms with Gasteiger partial charge in [-0.25, -0.2) is 0 Å². The van der Waals surface area contributed by atoms with E-state index in [1.807, 2.05) is 23.5 Å². The van der Waals surface area contributed by atoms with Crippen LogP contribution in [0.25, 0.3) is 119 Å². The van der Waals surface area contributed by atoms with E-state index in [2.05, 4.69) is 192 Å². The Balaban J connectivity index is 1.06. The zero-order chi connectivity index (χ0) is 38.8. The van der Waals surface area contributed by atoms with Crippen LogP contribution in [0.3, 0.4) is 0 Å². The molecule has 3 nitrogen and oxygen atoms in total. The maximum atomic E-state index is 6.21. The second-order valence-electron chi connectivity index (χ2n) is 15.8. The molecule has 0 atom stereocenters. The monoisotopic (exact) mass is 770 g/mol. The third-order valence-electron chi connectivity index (χ3n) is 12.4. The molecule has 4 aromatic heterocycles. The van der Waals surface area contributed by atoms with Crippen molar-refractivity contribution >= 4 is 97.1 Å². The smallest absolute Gasteiger partial charge is 0.135 e. The normalized spacial score (nSPS) is 12.2. The second-order valence-corrected chi connectivity index (χ2v) is 16.8. The number of fused-ring (bicyclic) bond motifs is 12. The number of hydrogen-bond donors (Lipinski definition) is 0. The Morgan fingerprint density at radius 1 is 0.373 bits per heavy atom. The molecule has 4 heteroatoms. The third kappa shape index (κ3) is 4.75. The van der Waals surface area contributed by atoms with Crippen molar-refractivity contribution in [3.8, 4) is 33.6 Å². The average Bonchev–Trinajstić information content (AvgIpc) is 4.03. The summed E-state index contributed by atoms with van der Waals surface area (Å²) in [6, 6.07) is 68.9. The van der Waals surface area contributed by atoms with Gasteiger partial charge in [-0.3, -0.25) is 0 Å². The summed E-state index contributed by atoms with van der Waals surface area (Å²) in [5, 5.41) is 9.83. The van der Waals surface area contributed by atoms with Crippen molar-refractivity contribution in [3.63, 3.8) is 0 Å². The number of thiophene rings is 1. The van der Waals surface area contributed by atoms with E-state index in [0.29, 0.717) is 0 Å². The summed E-state index contributed by atoms with van der Waals surface area (Å²) in [4.78, 5) is 0. The predicted octanol–water partition coefficient (Wildman–Crippen LogP) is 15.8. The Hall–Kier alpha value is -7.40. The first-order valence-electron chi connectivity index (χ1n) is 20.2. The molecule has 0 fully saturated rings. The first-order chi connectivity index (χ1) is 29.2. The highest BCUT2D eigenvalue weighted by molar-refractivity contribution is 7.26. The van der Waals surface area contributed by atoms with Crippen LogP contribution < -0.4 is 0 Å². The van der Waals surface area contributed by atoms with Gasteiger partial charge in [-0.05, 0) is 95.9 Å². The number of benzene rings is 9. The first kappa shape index (κ1) is 32.7. The van der Waals surface area contributed by atoms with Gasteiger partial charge in [-0.1, -0.05) is 127 Å². The lowest BCUT2D eigenvalue weighted by molar-refractivity contribution is 0.669. The molecule has 0 aliphatic heterocycles. The van der Waals surface area contributed by atoms with E-state index in [0.717, 1.165) is 27.6 Å². The molecule has 276 valence electrons. The summed E-state index contributed by atoms with van der Waals surface area (Å²) >= 11 is 1.91. The lowest BCUT2D eigenvalue weighted by Gasteiger charge is -2.13. The van der Waals surface area contributed by atoms with E-state index in [1.54, 1.807) is 0 Å². The maximum Gasteiger partial charge on any atom is 0.135 e. The van der Waals surface area contributed by atoms with Gasteiger partial charge in [0, 0.05) is 53.5 Å². The van der Waals surface area contributed by atoms with Crippen molar-refractivity contribution in [1.29, 1.82) is 0 Å². The molecule has 0 bridgehead atoms. The minimum Gasteiger partial charge on any atom is -0.456 e. The molecule has 13 rings (SSSR count). The van der Waals surface area contributed by atoms with Crippen molar-refractivity contribution in [2.24, 2.45) is 0 Å². The number of aryl methyl sites for hydroxylation is 1. The number of rotatable bonds is 4. The lowest BCUT2D eigenvalue weighted by atomic mass is 9.98. The summed E-state index contributed by atoms with van der Waals surface area (Å²) in [5.41, 5.74) is 15.1. The Morgan fingerprint density at radius 2 is 1.00 bits per heavy atom. The highest BCUT2D eigenvalue weighted by atomic mass is 32.1. The molecule has 0 aliphatic rings. The van der Waals surface area contributed by atoms with Crippen molar-refractivity contribution < 1.29 is 4.42 Å².